The summed E-state index contributed by atoms with van der Waals surface area (Å²) >= 11 is 0. The van der Waals surface area contributed by atoms with Crippen LogP contribution in [0.4, 0.5) is 0 Å². The summed E-state index contributed by atoms with van der Waals surface area (Å²) in [6.07, 6.45) is 11.0. The van der Waals surface area contributed by atoms with Gasteiger partial charge in [-0.3, -0.25) is 0 Å². The quantitative estimate of drug-likeness (QED) is 0.749. The maximum absolute atomic E-state index is 3.82. The van der Waals surface area contributed by atoms with Gasteiger partial charge in [0.2, 0.25) is 0 Å². The van der Waals surface area contributed by atoms with Crippen molar-refractivity contribution >= 4 is 0 Å². The minimum absolute atomic E-state index is 0.720. The smallest absolute Gasteiger partial charge is 0.0246 e. The van der Waals surface area contributed by atoms with Crippen LogP contribution in [0.25, 0.3) is 0 Å². The minimum Gasteiger partial charge on any atom is -0.312 e. The van der Waals surface area contributed by atoms with Crippen LogP contribution < -0.4 is 5.32 Å². The third kappa shape index (κ3) is 6.76. The van der Waals surface area contributed by atoms with E-state index in [4.69, 9.17) is 0 Å². The van der Waals surface area contributed by atoms with E-state index in [1.165, 1.54) is 64.5 Å². The Morgan fingerprint density at radius 3 is 2.42 bits per heavy atom. The molecule has 0 spiro atoms. The van der Waals surface area contributed by atoms with Crippen LogP contribution in [0, 0.1) is 5.92 Å². The molecule has 1 aliphatic carbocycles. The lowest BCUT2D eigenvalue weighted by Crippen LogP contribution is -2.49. The van der Waals surface area contributed by atoms with Gasteiger partial charge in [0.15, 0.2) is 0 Å². The van der Waals surface area contributed by atoms with Gasteiger partial charge in [0.25, 0.3) is 0 Å². The average molecular weight is 268 g/mol. The van der Waals surface area contributed by atoms with Crippen molar-refractivity contribution in [3.05, 3.63) is 0 Å². The Hall–Kier alpha value is -0.0800. The molecule has 2 heteroatoms. The molecule has 1 aliphatic rings. The van der Waals surface area contributed by atoms with Crippen LogP contribution in [-0.4, -0.2) is 37.1 Å². The highest BCUT2D eigenvalue weighted by molar-refractivity contribution is 4.85. The van der Waals surface area contributed by atoms with Gasteiger partial charge in [-0.15, -0.1) is 0 Å². The highest BCUT2D eigenvalue weighted by atomic mass is 15.2. The summed E-state index contributed by atoms with van der Waals surface area (Å²) in [5.74, 6) is 0.818. The van der Waals surface area contributed by atoms with E-state index in [0.29, 0.717) is 0 Å². The predicted molar refractivity (Wildman–Crippen MR) is 85.7 cm³/mol. The van der Waals surface area contributed by atoms with Crippen molar-refractivity contribution in [2.24, 2.45) is 5.92 Å². The molecule has 0 heterocycles. The molecule has 2 unspecified atom stereocenters. The van der Waals surface area contributed by atoms with E-state index in [1.54, 1.807) is 0 Å². The zero-order valence-corrected chi connectivity index (χ0v) is 13.8. The summed E-state index contributed by atoms with van der Waals surface area (Å²) in [4.78, 5) is 2.64. The third-order valence-corrected chi connectivity index (χ3v) is 4.51. The van der Waals surface area contributed by atoms with Crippen LogP contribution in [0.3, 0.4) is 0 Å². The number of nitrogens with zero attached hydrogens (tertiary/aromatic N) is 1. The van der Waals surface area contributed by atoms with Crippen LogP contribution in [0.5, 0.6) is 0 Å². The number of hydrogen-bond donors (Lipinski definition) is 1. The number of rotatable bonds is 7. The van der Waals surface area contributed by atoms with Crippen LogP contribution >= 0.6 is 0 Å². The second kappa shape index (κ2) is 9.77. The van der Waals surface area contributed by atoms with Crippen LogP contribution in [0.1, 0.15) is 72.1 Å². The van der Waals surface area contributed by atoms with E-state index in [9.17, 15) is 0 Å². The molecule has 1 saturated carbocycles. The largest absolute Gasteiger partial charge is 0.312 e. The van der Waals surface area contributed by atoms with Gasteiger partial charge in [-0.05, 0) is 51.7 Å². The Bertz CT molecular complexity index is 213. The van der Waals surface area contributed by atoms with E-state index in [2.05, 4.69) is 38.0 Å². The molecule has 1 N–H and O–H groups in total. The lowest BCUT2D eigenvalue weighted by Gasteiger charge is -2.37. The number of nitrogens with one attached hydrogen (secondary N) is 1. The standard InChI is InChI=1S/C17H36N2/c1-5-13-18-16-10-8-6-7-9-11-17(16)19(4)14-12-15(2)3/h15-18H,5-14H2,1-4H3. The van der Waals surface area contributed by atoms with Crippen molar-refractivity contribution in [3.8, 4) is 0 Å². The summed E-state index contributed by atoms with van der Waals surface area (Å²) in [5, 5.41) is 3.82. The molecule has 0 radical (unpaired) electrons. The molecule has 1 fully saturated rings. The van der Waals surface area contributed by atoms with Crippen molar-refractivity contribution in [1.29, 1.82) is 0 Å². The van der Waals surface area contributed by atoms with E-state index in [1.807, 2.05) is 0 Å². The SMILES string of the molecule is CCCNC1CCCCCCC1N(C)CCC(C)C. The molecular weight excluding hydrogens is 232 g/mol. The summed E-state index contributed by atoms with van der Waals surface area (Å²) < 4.78 is 0. The fourth-order valence-corrected chi connectivity index (χ4v) is 3.19. The predicted octanol–water partition coefficient (Wildman–Crippen LogP) is 4.06. The average Bonchev–Trinajstić information content (AvgIpc) is 2.35. The Labute approximate surface area is 121 Å². The van der Waals surface area contributed by atoms with E-state index in [0.717, 1.165) is 18.0 Å². The molecule has 0 aromatic heterocycles. The first-order valence-corrected chi connectivity index (χ1v) is 8.58. The summed E-state index contributed by atoms with van der Waals surface area (Å²) in [5.41, 5.74) is 0. The molecule has 0 bridgehead atoms. The molecule has 0 aromatic rings. The minimum atomic E-state index is 0.720. The normalized spacial score (nSPS) is 25.6. The van der Waals surface area contributed by atoms with Gasteiger partial charge >= 0.3 is 0 Å². The van der Waals surface area contributed by atoms with Gasteiger partial charge in [0, 0.05) is 12.1 Å². The second-order valence-corrected chi connectivity index (χ2v) is 6.78. The van der Waals surface area contributed by atoms with Gasteiger partial charge in [-0.2, -0.15) is 0 Å². The van der Waals surface area contributed by atoms with Gasteiger partial charge < -0.3 is 10.2 Å². The number of hydrogen-bond acceptors (Lipinski definition) is 2. The van der Waals surface area contributed by atoms with E-state index in [-0.39, 0.29) is 0 Å². The molecule has 2 nitrogen and oxygen atoms in total. The van der Waals surface area contributed by atoms with Gasteiger partial charge in [-0.1, -0.05) is 46.5 Å². The topological polar surface area (TPSA) is 15.3 Å². The Balaban J connectivity index is 2.53. The van der Waals surface area contributed by atoms with E-state index >= 15 is 0 Å². The second-order valence-electron chi connectivity index (χ2n) is 6.78. The van der Waals surface area contributed by atoms with Gasteiger partial charge in [-0.25, -0.2) is 0 Å². The maximum Gasteiger partial charge on any atom is 0.0246 e. The first kappa shape index (κ1) is 17.0. The summed E-state index contributed by atoms with van der Waals surface area (Å²) in [7, 11) is 2.34. The van der Waals surface area contributed by atoms with Crippen molar-refractivity contribution in [2.75, 3.05) is 20.1 Å². The Morgan fingerprint density at radius 2 is 1.79 bits per heavy atom. The Kier molecular flexibility index (Phi) is 8.72. The monoisotopic (exact) mass is 268 g/mol. The van der Waals surface area contributed by atoms with E-state index < -0.39 is 0 Å². The lowest BCUT2D eigenvalue weighted by molar-refractivity contribution is 0.156. The van der Waals surface area contributed by atoms with Crippen molar-refractivity contribution in [3.63, 3.8) is 0 Å². The van der Waals surface area contributed by atoms with Crippen LogP contribution in [0.2, 0.25) is 0 Å². The van der Waals surface area contributed by atoms with Crippen LogP contribution in [0.15, 0.2) is 0 Å². The number of likely N-dealkylation sites (N-methyl/N-ethyl adjacent to an activating group) is 1. The zero-order chi connectivity index (χ0) is 14.1. The fourth-order valence-electron chi connectivity index (χ4n) is 3.19. The molecule has 0 saturated heterocycles. The van der Waals surface area contributed by atoms with Crippen molar-refractivity contribution in [2.45, 2.75) is 84.2 Å². The highest BCUT2D eigenvalue weighted by Crippen LogP contribution is 2.22. The molecule has 19 heavy (non-hydrogen) atoms. The molecule has 1 rings (SSSR count). The maximum atomic E-state index is 3.82. The van der Waals surface area contributed by atoms with Gasteiger partial charge in [0.05, 0.1) is 0 Å². The molecule has 0 amide bonds. The molecule has 0 aliphatic heterocycles. The Morgan fingerprint density at radius 1 is 1.11 bits per heavy atom. The zero-order valence-electron chi connectivity index (χ0n) is 13.8. The fraction of sp³-hybridized carbons (Fsp3) is 1.00. The molecular formula is C17H36N2. The molecule has 114 valence electrons. The van der Waals surface area contributed by atoms with Crippen molar-refractivity contribution < 1.29 is 0 Å². The van der Waals surface area contributed by atoms with Crippen molar-refractivity contribution in [1.82, 2.24) is 10.2 Å². The first-order valence-electron chi connectivity index (χ1n) is 8.58. The third-order valence-electron chi connectivity index (χ3n) is 4.51. The molecule has 0 aromatic carbocycles. The highest BCUT2D eigenvalue weighted by Gasteiger charge is 2.25. The lowest BCUT2D eigenvalue weighted by atomic mass is 9.91. The first-order chi connectivity index (χ1) is 9.15. The van der Waals surface area contributed by atoms with Gasteiger partial charge in [0.1, 0.15) is 0 Å². The summed E-state index contributed by atoms with van der Waals surface area (Å²) in [6.45, 7) is 9.37. The van der Waals surface area contributed by atoms with Crippen LogP contribution in [-0.2, 0) is 0 Å². The molecule has 2 atom stereocenters. The summed E-state index contributed by atoms with van der Waals surface area (Å²) in [6, 6.07) is 1.48.